The Bertz CT molecular complexity index is 1200. The maximum absolute atomic E-state index is 13.4. The summed E-state index contributed by atoms with van der Waals surface area (Å²) in [5.74, 6) is -1.11. The van der Waals surface area contributed by atoms with Gasteiger partial charge in [-0.25, -0.2) is 0 Å². The second-order valence-corrected chi connectivity index (χ2v) is 8.62. The molecule has 1 spiro atoms. The van der Waals surface area contributed by atoms with Gasteiger partial charge in [0.15, 0.2) is 0 Å². The number of aromatic amines is 1. The molecule has 1 aromatic heterocycles. The van der Waals surface area contributed by atoms with Crippen LogP contribution in [-0.2, 0) is 20.7 Å². The van der Waals surface area contributed by atoms with E-state index in [0.29, 0.717) is 13.1 Å². The zero-order valence-corrected chi connectivity index (χ0v) is 17.0. The third-order valence-corrected chi connectivity index (χ3v) is 6.85. The molecule has 3 aliphatic heterocycles. The molecule has 2 amide bonds. The van der Waals surface area contributed by atoms with E-state index >= 15 is 0 Å². The molecule has 0 aliphatic carbocycles. The molecule has 0 radical (unpaired) electrons. The molecule has 6 nitrogen and oxygen atoms in total. The van der Waals surface area contributed by atoms with Gasteiger partial charge < -0.3 is 19.9 Å². The standard InChI is InChI=1S/C25H23N3O3/c29-23(27-17-6-2-1-3-7-17)21-20-10-12-25(31-20)15-28(24(30)22(21)25)13-11-16-14-26-19-9-5-4-8-18(16)19/h1-10,12,14,20-22,26H,11,13,15H2,(H,27,29)/t20-,21+,22+,25+/m1/s1. The number of H-pyrrole nitrogens is 1. The van der Waals surface area contributed by atoms with Gasteiger partial charge in [-0.2, -0.15) is 0 Å². The van der Waals surface area contributed by atoms with Gasteiger partial charge in [-0.05, 0) is 30.2 Å². The van der Waals surface area contributed by atoms with Gasteiger partial charge in [0.05, 0.1) is 24.5 Å². The lowest BCUT2D eigenvalue weighted by Gasteiger charge is -2.23. The van der Waals surface area contributed by atoms with Gasteiger partial charge in [-0.1, -0.05) is 48.6 Å². The first kappa shape index (κ1) is 18.4. The van der Waals surface area contributed by atoms with Crippen molar-refractivity contribution in [3.05, 3.63) is 78.5 Å². The van der Waals surface area contributed by atoms with Gasteiger partial charge >= 0.3 is 0 Å². The third-order valence-electron chi connectivity index (χ3n) is 6.85. The molecule has 6 rings (SSSR count). The minimum absolute atomic E-state index is 0.0138. The average Bonchev–Trinajstić information content (AvgIpc) is 3.53. The number of aromatic nitrogens is 1. The number of hydrogen-bond acceptors (Lipinski definition) is 3. The molecule has 3 aliphatic rings. The summed E-state index contributed by atoms with van der Waals surface area (Å²) < 4.78 is 6.22. The number of anilines is 1. The van der Waals surface area contributed by atoms with Crippen molar-refractivity contribution in [2.75, 3.05) is 18.4 Å². The highest BCUT2D eigenvalue weighted by Gasteiger charge is 2.66. The zero-order valence-electron chi connectivity index (χ0n) is 17.0. The van der Waals surface area contributed by atoms with Crippen LogP contribution in [0.2, 0.25) is 0 Å². The Morgan fingerprint density at radius 3 is 2.84 bits per heavy atom. The fraction of sp³-hybridized carbons (Fsp3) is 0.280. The monoisotopic (exact) mass is 413 g/mol. The topological polar surface area (TPSA) is 74.4 Å². The first-order valence-corrected chi connectivity index (χ1v) is 10.7. The van der Waals surface area contributed by atoms with E-state index in [2.05, 4.69) is 22.4 Å². The lowest BCUT2D eigenvalue weighted by molar-refractivity contribution is -0.135. The number of ether oxygens (including phenoxy) is 1. The zero-order chi connectivity index (χ0) is 21.0. The fourth-order valence-corrected chi connectivity index (χ4v) is 5.41. The number of likely N-dealkylation sites (tertiary alicyclic amines) is 1. The highest BCUT2D eigenvalue weighted by atomic mass is 16.5. The van der Waals surface area contributed by atoms with Crippen LogP contribution in [0.25, 0.3) is 10.9 Å². The number of rotatable bonds is 5. The van der Waals surface area contributed by atoms with Crippen LogP contribution in [-0.4, -0.2) is 46.5 Å². The Kier molecular flexibility index (Phi) is 4.05. The summed E-state index contributed by atoms with van der Waals surface area (Å²) in [6.07, 6.45) is 6.38. The van der Waals surface area contributed by atoms with E-state index < -0.39 is 17.4 Å². The van der Waals surface area contributed by atoms with Gasteiger partial charge in [0.1, 0.15) is 5.60 Å². The quantitative estimate of drug-likeness (QED) is 0.631. The molecule has 3 aromatic rings. The van der Waals surface area contributed by atoms with E-state index in [1.54, 1.807) is 0 Å². The number of nitrogens with zero attached hydrogens (tertiary/aromatic N) is 1. The van der Waals surface area contributed by atoms with E-state index in [-0.39, 0.29) is 17.9 Å². The van der Waals surface area contributed by atoms with Gasteiger partial charge in [-0.3, -0.25) is 9.59 Å². The van der Waals surface area contributed by atoms with Crippen LogP contribution < -0.4 is 5.32 Å². The lowest BCUT2D eigenvalue weighted by Crippen LogP contribution is -2.41. The van der Waals surface area contributed by atoms with Crippen molar-refractivity contribution < 1.29 is 14.3 Å². The summed E-state index contributed by atoms with van der Waals surface area (Å²) in [4.78, 5) is 31.6. The Labute approximate surface area is 179 Å². The van der Waals surface area contributed by atoms with Crippen LogP contribution >= 0.6 is 0 Å². The number of carbonyl (C=O) groups excluding carboxylic acids is 2. The Hall–Kier alpha value is -3.38. The number of benzene rings is 2. The highest BCUT2D eigenvalue weighted by molar-refractivity contribution is 5.99. The van der Waals surface area contributed by atoms with Gasteiger partial charge in [0, 0.05) is 29.3 Å². The highest BCUT2D eigenvalue weighted by Crippen LogP contribution is 2.52. The van der Waals surface area contributed by atoms with Crippen LogP contribution in [0.15, 0.2) is 72.9 Å². The second kappa shape index (κ2) is 6.82. The third kappa shape index (κ3) is 2.82. The molecule has 0 unspecified atom stereocenters. The van der Waals surface area contributed by atoms with E-state index in [9.17, 15) is 9.59 Å². The molecule has 156 valence electrons. The van der Waals surface area contributed by atoms with Crippen LogP contribution in [0.3, 0.4) is 0 Å². The van der Waals surface area contributed by atoms with Crippen molar-refractivity contribution in [2.45, 2.75) is 18.1 Å². The van der Waals surface area contributed by atoms with Crippen molar-refractivity contribution >= 4 is 28.4 Å². The average molecular weight is 413 g/mol. The van der Waals surface area contributed by atoms with Crippen molar-refractivity contribution in [1.29, 1.82) is 0 Å². The van der Waals surface area contributed by atoms with Crippen molar-refractivity contribution in [2.24, 2.45) is 11.8 Å². The summed E-state index contributed by atoms with van der Waals surface area (Å²) in [5, 5.41) is 4.15. The first-order chi connectivity index (χ1) is 15.1. The predicted octanol–water partition coefficient (Wildman–Crippen LogP) is 3.13. The molecule has 31 heavy (non-hydrogen) atoms. The lowest BCUT2D eigenvalue weighted by atomic mass is 9.77. The van der Waals surface area contributed by atoms with Gasteiger partial charge in [-0.15, -0.1) is 0 Å². The molecule has 4 heterocycles. The number of para-hydroxylation sites is 2. The summed E-state index contributed by atoms with van der Waals surface area (Å²) in [7, 11) is 0. The Balaban J connectivity index is 1.21. The van der Waals surface area contributed by atoms with E-state index in [4.69, 9.17) is 4.74 Å². The van der Waals surface area contributed by atoms with Crippen LogP contribution in [0.1, 0.15) is 5.56 Å². The molecular weight excluding hydrogens is 390 g/mol. The van der Waals surface area contributed by atoms with Crippen molar-refractivity contribution in [3.63, 3.8) is 0 Å². The Morgan fingerprint density at radius 2 is 1.97 bits per heavy atom. The molecule has 2 bridgehead atoms. The largest absolute Gasteiger partial charge is 0.361 e. The predicted molar refractivity (Wildman–Crippen MR) is 117 cm³/mol. The van der Waals surface area contributed by atoms with E-state index in [0.717, 1.165) is 17.6 Å². The maximum Gasteiger partial charge on any atom is 0.231 e. The summed E-state index contributed by atoms with van der Waals surface area (Å²) in [6, 6.07) is 17.5. The molecule has 0 saturated carbocycles. The Morgan fingerprint density at radius 1 is 1.16 bits per heavy atom. The van der Waals surface area contributed by atoms with Crippen LogP contribution in [0.5, 0.6) is 0 Å². The molecule has 4 atom stereocenters. The SMILES string of the molecule is O=C(Nc1ccccc1)[C@@H]1[C@H]2C(=O)N(CCc3c[nH]c4ccccc34)C[C@@]23C=C[C@H]1O3. The number of amides is 2. The van der Waals surface area contributed by atoms with Crippen molar-refractivity contribution in [1.82, 2.24) is 9.88 Å². The number of fused-ring (bicyclic) bond motifs is 2. The molecule has 2 saturated heterocycles. The van der Waals surface area contributed by atoms with Crippen molar-refractivity contribution in [3.8, 4) is 0 Å². The first-order valence-electron chi connectivity index (χ1n) is 10.7. The summed E-state index contributed by atoms with van der Waals surface area (Å²) >= 11 is 0. The number of hydrogen-bond donors (Lipinski definition) is 2. The minimum atomic E-state index is -0.680. The molecule has 2 aromatic carbocycles. The summed E-state index contributed by atoms with van der Waals surface area (Å²) in [6.45, 7) is 1.11. The smallest absolute Gasteiger partial charge is 0.231 e. The minimum Gasteiger partial charge on any atom is -0.361 e. The molecule has 2 N–H and O–H groups in total. The van der Waals surface area contributed by atoms with Gasteiger partial charge in [0.25, 0.3) is 0 Å². The maximum atomic E-state index is 13.4. The fourth-order valence-electron chi connectivity index (χ4n) is 5.41. The van der Waals surface area contributed by atoms with E-state index in [1.807, 2.05) is 65.7 Å². The second-order valence-electron chi connectivity index (χ2n) is 8.62. The normalized spacial score (nSPS) is 28.5. The number of nitrogens with one attached hydrogen (secondary N) is 2. The number of carbonyl (C=O) groups is 2. The molecule has 2 fully saturated rings. The molecular formula is C25H23N3O3. The van der Waals surface area contributed by atoms with Gasteiger partial charge in [0.2, 0.25) is 11.8 Å². The van der Waals surface area contributed by atoms with Crippen LogP contribution in [0, 0.1) is 11.8 Å². The summed E-state index contributed by atoms with van der Waals surface area (Å²) in [5.41, 5.74) is 2.34. The van der Waals surface area contributed by atoms with E-state index in [1.165, 1.54) is 10.9 Å². The molecule has 6 heteroatoms. The van der Waals surface area contributed by atoms with Crippen LogP contribution in [0.4, 0.5) is 5.69 Å².